The Morgan fingerprint density at radius 1 is 1.14 bits per heavy atom. The van der Waals surface area contributed by atoms with Gasteiger partial charge in [0.25, 0.3) is 5.91 Å². The van der Waals surface area contributed by atoms with Gasteiger partial charge < -0.3 is 10.1 Å². The van der Waals surface area contributed by atoms with Gasteiger partial charge in [-0.2, -0.15) is 0 Å². The molecule has 116 valence electrons. The molecular weight excluding hydrogens is 298 g/mol. The Morgan fingerprint density at radius 2 is 1.77 bits per heavy atom. The quantitative estimate of drug-likeness (QED) is 0.825. The predicted octanol–water partition coefficient (Wildman–Crippen LogP) is 4.87. The first kappa shape index (κ1) is 16.4. The summed E-state index contributed by atoms with van der Waals surface area (Å²) in [6, 6.07) is 14.8. The van der Waals surface area contributed by atoms with Crippen molar-refractivity contribution in [3.05, 3.63) is 59.1 Å². The van der Waals surface area contributed by atoms with Crippen molar-refractivity contribution >= 4 is 23.2 Å². The topological polar surface area (TPSA) is 38.3 Å². The second-order valence-electron chi connectivity index (χ2n) is 5.22. The van der Waals surface area contributed by atoms with Crippen LogP contribution in [0.15, 0.2) is 48.5 Å². The van der Waals surface area contributed by atoms with Crippen LogP contribution in [0.1, 0.15) is 31.7 Å². The summed E-state index contributed by atoms with van der Waals surface area (Å²) in [7, 11) is 0. The van der Waals surface area contributed by atoms with Crippen LogP contribution in [0.3, 0.4) is 0 Å². The summed E-state index contributed by atoms with van der Waals surface area (Å²) in [6.45, 7) is 4.33. The number of amides is 1. The van der Waals surface area contributed by atoms with Crippen LogP contribution in [0, 0.1) is 0 Å². The molecule has 1 N–H and O–H groups in total. The first-order chi connectivity index (χ1) is 10.6. The molecule has 2 rings (SSSR count). The lowest BCUT2D eigenvalue weighted by Crippen LogP contribution is -2.20. The second kappa shape index (κ2) is 7.85. The number of anilines is 1. The van der Waals surface area contributed by atoms with Gasteiger partial charge in [0.15, 0.2) is 6.61 Å². The van der Waals surface area contributed by atoms with E-state index in [0.29, 0.717) is 22.4 Å². The molecule has 0 saturated heterocycles. The van der Waals surface area contributed by atoms with E-state index in [4.69, 9.17) is 16.3 Å². The van der Waals surface area contributed by atoms with Crippen molar-refractivity contribution in [1.29, 1.82) is 0 Å². The molecule has 0 spiro atoms. The average molecular weight is 318 g/mol. The van der Waals surface area contributed by atoms with E-state index in [1.807, 2.05) is 24.3 Å². The summed E-state index contributed by atoms with van der Waals surface area (Å²) in [5.74, 6) is 1.02. The molecular formula is C18H20ClNO2. The zero-order valence-electron chi connectivity index (χ0n) is 12.8. The summed E-state index contributed by atoms with van der Waals surface area (Å²) < 4.78 is 5.49. The lowest BCUT2D eigenvalue weighted by molar-refractivity contribution is -0.118. The first-order valence-electron chi connectivity index (χ1n) is 7.36. The van der Waals surface area contributed by atoms with E-state index < -0.39 is 0 Å². The van der Waals surface area contributed by atoms with E-state index in [1.54, 1.807) is 24.3 Å². The Bertz CT molecular complexity index is 608. The van der Waals surface area contributed by atoms with Gasteiger partial charge in [0.2, 0.25) is 0 Å². The third-order valence-corrected chi connectivity index (χ3v) is 3.81. The minimum atomic E-state index is -0.201. The van der Waals surface area contributed by atoms with Crippen LogP contribution >= 0.6 is 11.6 Å². The van der Waals surface area contributed by atoms with Crippen molar-refractivity contribution in [2.75, 3.05) is 11.9 Å². The fourth-order valence-electron chi connectivity index (χ4n) is 2.01. The van der Waals surface area contributed by atoms with Crippen molar-refractivity contribution < 1.29 is 9.53 Å². The molecule has 2 aromatic carbocycles. The molecule has 1 unspecified atom stereocenters. The van der Waals surface area contributed by atoms with Crippen molar-refractivity contribution in [3.63, 3.8) is 0 Å². The van der Waals surface area contributed by atoms with Gasteiger partial charge in [0, 0.05) is 10.7 Å². The van der Waals surface area contributed by atoms with Gasteiger partial charge in [0.1, 0.15) is 5.75 Å². The van der Waals surface area contributed by atoms with Crippen LogP contribution in [0.2, 0.25) is 5.02 Å². The van der Waals surface area contributed by atoms with E-state index >= 15 is 0 Å². The molecule has 0 radical (unpaired) electrons. The molecule has 0 saturated carbocycles. The molecule has 22 heavy (non-hydrogen) atoms. The van der Waals surface area contributed by atoms with Crippen LogP contribution < -0.4 is 10.1 Å². The Kier molecular flexibility index (Phi) is 5.84. The Hall–Kier alpha value is -2.00. The number of hydrogen-bond acceptors (Lipinski definition) is 2. The Morgan fingerprint density at radius 3 is 2.36 bits per heavy atom. The molecule has 4 heteroatoms. The van der Waals surface area contributed by atoms with Gasteiger partial charge in [-0.05, 0) is 54.3 Å². The summed E-state index contributed by atoms with van der Waals surface area (Å²) in [5.41, 5.74) is 1.98. The van der Waals surface area contributed by atoms with Gasteiger partial charge in [-0.15, -0.1) is 0 Å². The average Bonchev–Trinajstić information content (AvgIpc) is 2.55. The van der Waals surface area contributed by atoms with Crippen molar-refractivity contribution in [2.45, 2.75) is 26.2 Å². The second-order valence-corrected chi connectivity index (χ2v) is 5.66. The molecule has 0 aromatic heterocycles. The molecule has 0 aliphatic heterocycles. The maximum Gasteiger partial charge on any atom is 0.262 e. The van der Waals surface area contributed by atoms with E-state index in [1.165, 1.54) is 5.56 Å². The smallest absolute Gasteiger partial charge is 0.262 e. The normalized spacial score (nSPS) is 11.8. The molecule has 0 aliphatic carbocycles. The van der Waals surface area contributed by atoms with Crippen LogP contribution in [0.4, 0.5) is 5.69 Å². The SMILES string of the molecule is CCC(C)c1ccc(OCC(=O)Nc2ccc(Cl)cc2)cc1. The van der Waals surface area contributed by atoms with Crippen LogP contribution in [0.5, 0.6) is 5.75 Å². The number of nitrogens with one attached hydrogen (secondary N) is 1. The number of carbonyl (C=O) groups excluding carboxylic acids is 1. The highest BCUT2D eigenvalue weighted by Gasteiger charge is 2.05. The van der Waals surface area contributed by atoms with E-state index in [2.05, 4.69) is 19.2 Å². The van der Waals surface area contributed by atoms with E-state index in [0.717, 1.165) is 6.42 Å². The minimum absolute atomic E-state index is 0.0225. The monoisotopic (exact) mass is 317 g/mol. The van der Waals surface area contributed by atoms with Crippen molar-refractivity contribution in [2.24, 2.45) is 0 Å². The van der Waals surface area contributed by atoms with Gasteiger partial charge in [0.05, 0.1) is 0 Å². The summed E-state index contributed by atoms with van der Waals surface area (Å²) >= 11 is 5.80. The fraction of sp³-hybridized carbons (Fsp3) is 0.278. The number of hydrogen-bond donors (Lipinski definition) is 1. The van der Waals surface area contributed by atoms with Gasteiger partial charge >= 0.3 is 0 Å². The number of halogens is 1. The van der Waals surface area contributed by atoms with Crippen LogP contribution in [0.25, 0.3) is 0 Å². The maximum absolute atomic E-state index is 11.8. The summed E-state index contributed by atoms with van der Waals surface area (Å²) in [5, 5.41) is 3.39. The lowest BCUT2D eigenvalue weighted by atomic mass is 9.99. The molecule has 1 amide bonds. The third kappa shape index (κ3) is 4.78. The zero-order valence-corrected chi connectivity index (χ0v) is 13.6. The Balaban J connectivity index is 1.84. The number of ether oxygens (including phenoxy) is 1. The zero-order chi connectivity index (χ0) is 15.9. The highest BCUT2D eigenvalue weighted by Crippen LogP contribution is 2.21. The van der Waals surface area contributed by atoms with E-state index in [9.17, 15) is 4.79 Å². The molecule has 0 heterocycles. The van der Waals surface area contributed by atoms with Crippen LogP contribution in [-0.2, 0) is 4.79 Å². The fourth-order valence-corrected chi connectivity index (χ4v) is 2.13. The maximum atomic E-state index is 11.8. The summed E-state index contributed by atoms with van der Waals surface area (Å²) in [6.07, 6.45) is 1.10. The first-order valence-corrected chi connectivity index (χ1v) is 7.74. The summed E-state index contributed by atoms with van der Waals surface area (Å²) in [4.78, 5) is 11.8. The minimum Gasteiger partial charge on any atom is -0.484 e. The number of rotatable bonds is 6. The molecule has 2 aromatic rings. The van der Waals surface area contributed by atoms with Gasteiger partial charge in [-0.25, -0.2) is 0 Å². The standard InChI is InChI=1S/C18H20ClNO2/c1-3-13(2)14-4-10-17(11-5-14)22-12-18(21)20-16-8-6-15(19)7-9-16/h4-11,13H,3,12H2,1-2H3,(H,20,21). The van der Waals surface area contributed by atoms with Gasteiger partial charge in [-0.1, -0.05) is 37.6 Å². The molecule has 0 bridgehead atoms. The predicted molar refractivity (Wildman–Crippen MR) is 90.7 cm³/mol. The van der Waals surface area contributed by atoms with Gasteiger partial charge in [-0.3, -0.25) is 4.79 Å². The van der Waals surface area contributed by atoms with Crippen molar-refractivity contribution in [1.82, 2.24) is 0 Å². The highest BCUT2D eigenvalue weighted by atomic mass is 35.5. The number of benzene rings is 2. The molecule has 3 nitrogen and oxygen atoms in total. The number of carbonyl (C=O) groups is 1. The van der Waals surface area contributed by atoms with Crippen molar-refractivity contribution in [3.8, 4) is 5.75 Å². The highest BCUT2D eigenvalue weighted by molar-refractivity contribution is 6.30. The van der Waals surface area contributed by atoms with Crippen LogP contribution in [-0.4, -0.2) is 12.5 Å². The Labute approximate surface area is 136 Å². The largest absolute Gasteiger partial charge is 0.484 e. The molecule has 1 atom stereocenters. The molecule has 0 aliphatic rings. The van der Waals surface area contributed by atoms with E-state index in [-0.39, 0.29) is 12.5 Å². The third-order valence-electron chi connectivity index (χ3n) is 3.56. The molecule has 0 fully saturated rings. The lowest BCUT2D eigenvalue weighted by Gasteiger charge is -2.11.